The van der Waals surface area contributed by atoms with Crippen LogP contribution < -0.4 is 10.2 Å². The first-order valence-electron chi connectivity index (χ1n) is 8.17. The van der Waals surface area contributed by atoms with Gasteiger partial charge in [-0.25, -0.2) is 5.01 Å². The predicted molar refractivity (Wildman–Crippen MR) is 97.6 cm³/mol. The molecule has 0 aromatic heterocycles. The molecule has 0 saturated heterocycles. The van der Waals surface area contributed by atoms with E-state index in [0.29, 0.717) is 11.1 Å². The summed E-state index contributed by atoms with van der Waals surface area (Å²) >= 11 is 0. The Hall–Kier alpha value is -3.15. The van der Waals surface area contributed by atoms with Gasteiger partial charge in [0.2, 0.25) is 0 Å². The van der Waals surface area contributed by atoms with Crippen molar-refractivity contribution in [3.8, 4) is 5.75 Å². The van der Waals surface area contributed by atoms with Gasteiger partial charge in [0.25, 0.3) is 11.8 Å². The normalized spacial score (nSPS) is 10.8. The molecule has 2 aromatic rings. The van der Waals surface area contributed by atoms with Gasteiger partial charge in [0.05, 0.1) is 5.54 Å². The second-order valence-corrected chi connectivity index (χ2v) is 6.74. The van der Waals surface area contributed by atoms with Crippen molar-refractivity contribution in [2.24, 2.45) is 0 Å². The molecule has 0 unspecified atom stereocenters. The van der Waals surface area contributed by atoms with E-state index in [9.17, 15) is 14.4 Å². The Bertz CT molecular complexity index is 810. The second kappa shape index (κ2) is 7.82. The van der Waals surface area contributed by atoms with Gasteiger partial charge in [-0.05, 0) is 51.1 Å². The molecule has 2 amide bonds. The van der Waals surface area contributed by atoms with E-state index in [1.807, 2.05) is 26.8 Å². The first-order chi connectivity index (χ1) is 12.2. The maximum Gasteiger partial charge on any atom is 0.308 e. The lowest BCUT2D eigenvalue weighted by atomic mass is 10.1. The molecule has 6 nitrogen and oxygen atoms in total. The highest BCUT2D eigenvalue weighted by atomic mass is 16.5. The van der Waals surface area contributed by atoms with Crippen LogP contribution >= 0.6 is 0 Å². The molecule has 1 N–H and O–H groups in total. The zero-order chi connectivity index (χ0) is 19.3. The monoisotopic (exact) mass is 354 g/mol. The van der Waals surface area contributed by atoms with E-state index in [0.717, 1.165) is 0 Å². The lowest BCUT2D eigenvalue weighted by Gasteiger charge is -2.35. The van der Waals surface area contributed by atoms with Crippen molar-refractivity contribution >= 4 is 17.8 Å². The van der Waals surface area contributed by atoms with Gasteiger partial charge in [0.1, 0.15) is 5.75 Å². The number of amides is 2. The third kappa shape index (κ3) is 4.92. The third-order valence-corrected chi connectivity index (χ3v) is 3.47. The van der Waals surface area contributed by atoms with Crippen molar-refractivity contribution in [2.45, 2.75) is 33.2 Å². The number of rotatable bonds is 3. The topological polar surface area (TPSA) is 75.7 Å². The van der Waals surface area contributed by atoms with Crippen LogP contribution in [0.2, 0.25) is 0 Å². The molecule has 0 bridgehead atoms. The van der Waals surface area contributed by atoms with Crippen molar-refractivity contribution < 1.29 is 19.1 Å². The fourth-order valence-corrected chi connectivity index (χ4v) is 2.27. The van der Waals surface area contributed by atoms with Gasteiger partial charge in [0, 0.05) is 18.1 Å². The smallest absolute Gasteiger partial charge is 0.308 e. The van der Waals surface area contributed by atoms with Crippen LogP contribution in [0.25, 0.3) is 0 Å². The fourth-order valence-electron chi connectivity index (χ4n) is 2.27. The van der Waals surface area contributed by atoms with Crippen LogP contribution in [0.15, 0.2) is 54.6 Å². The Kier molecular flexibility index (Phi) is 5.77. The third-order valence-electron chi connectivity index (χ3n) is 3.47. The van der Waals surface area contributed by atoms with Crippen LogP contribution in [0, 0.1) is 0 Å². The summed E-state index contributed by atoms with van der Waals surface area (Å²) in [5.41, 5.74) is 2.75. The van der Waals surface area contributed by atoms with Gasteiger partial charge in [-0.3, -0.25) is 19.8 Å². The van der Waals surface area contributed by atoms with Gasteiger partial charge in [-0.1, -0.05) is 24.3 Å². The van der Waals surface area contributed by atoms with Crippen molar-refractivity contribution in [3.05, 3.63) is 65.7 Å². The minimum Gasteiger partial charge on any atom is -0.427 e. The summed E-state index contributed by atoms with van der Waals surface area (Å²) in [5.74, 6) is -0.993. The molecule has 0 atom stereocenters. The maximum absolute atomic E-state index is 13.0. The molecule has 0 aliphatic rings. The molecule has 0 spiro atoms. The molecule has 0 aliphatic carbocycles. The summed E-state index contributed by atoms with van der Waals surface area (Å²) in [6.45, 7) is 6.72. The number of carbonyl (C=O) groups excluding carboxylic acids is 3. The maximum atomic E-state index is 13.0. The molecule has 2 rings (SSSR count). The Labute approximate surface area is 152 Å². The van der Waals surface area contributed by atoms with Crippen LogP contribution in [0.1, 0.15) is 48.4 Å². The lowest BCUT2D eigenvalue weighted by Crippen LogP contribution is -2.55. The number of ether oxygens (including phenoxy) is 1. The standard InChI is InChI=1S/C20H22N2O4/c1-14(23)26-17-12-8-11-16(13-17)19(25)22(20(2,3)4)21-18(24)15-9-6-5-7-10-15/h5-13H,1-4H3,(H,21,24). The number of hydrazine groups is 1. The zero-order valence-electron chi connectivity index (χ0n) is 15.3. The summed E-state index contributed by atoms with van der Waals surface area (Å²) in [6, 6.07) is 14.9. The first-order valence-corrected chi connectivity index (χ1v) is 8.17. The van der Waals surface area contributed by atoms with Crippen LogP contribution in [-0.4, -0.2) is 28.3 Å². The molecule has 0 radical (unpaired) electrons. The fraction of sp³-hybridized carbons (Fsp3) is 0.250. The van der Waals surface area contributed by atoms with Crippen LogP contribution in [0.3, 0.4) is 0 Å². The van der Waals surface area contributed by atoms with Crippen molar-refractivity contribution in [2.75, 3.05) is 0 Å². The second-order valence-electron chi connectivity index (χ2n) is 6.74. The number of benzene rings is 2. The Morgan fingerprint density at radius 1 is 0.923 bits per heavy atom. The largest absolute Gasteiger partial charge is 0.427 e. The van der Waals surface area contributed by atoms with Crippen molar-refractivity contribution in [1.29, 1.82) is 0 Å². The van der Waals surface area contributed by atoms with E-state index in [1.54, 1.807) is 42.5 Å². The minimum atomic E-state index is -0.668. The number of esters is 1. The molecule has 0 fully saturated rings. The highest BCUT2D eigenvalue weighted by Gasteiger charge is 2.29. The van der Waals surface area contributed by atoms with Crippen LogP contribution in [-0.2, 0) is 4.79 Å². The molecule has 26 heavy (non-hydrogen) atoms. The average Bonchev–Trinajstić information content (AvgIpc) is 2.58. The minimum absolute atomic E-state index is 0.270. The van der Waals surface area contributed by atoms with E-state index in [-0.39, 0.29) is 11.7 Å². The quantitative estimate of drug-likeness (QED) is 0.522. The molecular formula is C20H22N2O4. The number of hydrogen-bond donors (Lipinski definition) is 1. The summed E-state index contributed by atoms with van der Waals surface area (Å²) in [7, 11) is 0. The Morgan fingerprint density at radius 2 is 1.54 bits per heavy atom. The summed E-state index contributed by atoms with van der Waals surface area (Å²) in [4.78, 5) is 36.6. The number of carbonyl (C=O) groups is 3. The highest BCUT2D eigenvalue weighted by Crippen LogP contribution is 2.19. The SMILES string of the molecule is CC(=O)Oc1cccc(C(=O)N(NC(=O)c2ccccc2)C(C)(C)C)c1. The van der Waals surface area contributed by atoms with E-state index in [1.165, 1.54) is 18.0 Å². The summed E-state index contributed by atoms with van der Waals surface area (Å²) in [5, 5.41) is 1.27. The molecule has 0 aliphatic heterocycles. The van der Waals surface area contributed by atoms with Gasteiger partial charge in [-0.2, -0.15) is 0 Å². The van der Waals surface area contributed by atoms with E-state index >= 15 is 0 Å². The van der Waals surface area contributed by atoms with Gasteiger partial charge >= 0.3 is 5.97 Å². The molecule has 2 aromatic carbocycles. The average molecular weight is 354 g/mol. The van der Waals surface area contributed by atoms with Crippen LogP contribution in [0.4, 0.5) is 0 Å². The lowest BCUT2D eigenvalue weighted by molar-refractivity contribution is -0.131. The number of nitrogens with one attached hydrogen (secondary N) is 1. The highest BCUT2D eigenvalue weighted by molar-refractivity contribution is 5.99. The molecule has 6 heteroatoms. The van der Waals surface area contributed by atoms with Crippen molar-refractivity contribution in [3.63, 3.8) is 0 Å². The molecular weight excluding hydrogens is 332 g/mol. The zero-order valence-corrected chi connectivity index (χ0v) is 15.3. The van der Waals surface area contributed by atoms with Gasteiger partial charge < -0.3 is 4.74 Å². The number of hydrogen-bond acceptors (Lipinski definition) is 4. The Balaban J connectivity index is 2.28. The molecule has 136 valence electrons. The van der Waals surface area contributed by atoms with Crippen molar-refractivity contribution in [1.82, 2.24) is 10.4 Å². The molecule has 0 saturated carbocycles. The van der Waals surface area contributed by atoms with Gasteiger partial charge in [-0.15, -0.1) is 0 Å². The number of nitrogens with zero attached hydrogens (tertiary/aromatic N) is 1. The van der Waals surface area contributed by atoms with Crippen LogP contribution in [0.5, 0.6) is 5.75 Å². The Morgan fingerprint density at radius 3 is 2.12 bits per heavy atom. The van der Waals surface area contributed by atoms with Gasteiger partial charge in [0.15, 0.2) is 0 Å². The first kappa shape index (κ1) is 19.2. The van der Waals surface area contributed by atoms with E-state index < -0.39 is 17.4 Å². The summed E-state index contributed by atoms with van der Waals surface area (Å²) in [6.07, 6.45) is 0. The summed E-state index contributed by atoms with van der Waals surface area (Å²) < 4.78 is 5.02. The van der Waals surface area contributed by atoms with E-state index in [4.69, 9.17) is 4.74 Å². The van der Waals surface area contributed by atoms with E-state index in [2.05, 4.69) is 5.43 Å². The molecule has 0 heterocycles. The predicted octanol–water partition coefficient (Wildman–Crippen LogP) is 3.20.